The van der Waals surface area contributed by atoms with Crippen molar-refractivity contribution < 1.29 is 13.5 Å². The number of ether oxygens (including phenoxy) is 1. The van der Waals surface area contributed by atoms with Gasteiger partial charge in [0.25, 0.3) is 0 Å². The minimum absolute atomic E-state index is 0.000535. The molecule has 6 heteroatoms. The second-order valence-electron chi connectivity index (χ2n) is 9.86. The summed E-state index contributed by atoms with van der Waals surface area (Å²) in [6.07, 6.45) is 8.86. The Bertz CT molecular complexity index is 913. The molecule has 3 fully saturated rings. The fourth-order valence-electron chi connectivity index (χ4n) is 5.97. The lowest BCUT2D eigenvalue weighted by atomic mass is 9.68. The van der Waals surface area contributed by atoms with E-state index in [2.05, 4.69) is 17.4 Å². The summed E-state index contributed by atoms with van der Waals surface area (Å²) in [4.78, 5) is 6.75. The third-order valence-electron chi connectivity index (χ3n) is 7.69. The van der Waals surface area contributed by atoms with Crippen LogP contribution in [0.25, 0.3) is 0 Å². The smallest absolute Gasteiger partial charge is 0.135 e. The van der Waals surface area contributed by atoms with Gasteiger partial charge in [-0.25, -0.2) is 8.78 Å². The van der Waals surface area contributed by atoms with Gasteiger partial charge in [0, 0.05) is 36.1 Å². The molecule has 0 amide bonds. The average Bonchev–Trinajstić information content (AvgIpc) is 3.23. The van der Waals surface area contributed by atoms with Crippen LogP contribution in [0.1, 0.15) is 56.2 Å². The van der Waals surface area contributed by atoms with Gasteiger partial charge in [0.15, 0.2) is 0 Å². The Hall–Kier alpha value is -2.05. The highest BCUT2D eigenvalue weighted by molar-refractivity contribution is 5.56. The number of nitrogens with one attached hydrogen (secondary N) is 1. The van der Waals surface area contributed by atoms with Crippen LogP contribution in [0.2, 0.25) is 0 Å². The Morgan fingerprint density at radius 1 is 1.12 bits per heavy atom. The molecule has 4 nitrogen and oxygen atoms in total. The van der Waals surface area contributed by atoms with Crippen LogP contribution in [0, 0.1) is 5.82 Å². The lowest BCUT2D eigenvalue weighted by Gasteiger charge is -2.46. The minimum Gasteiger partial charge on any atom is -0.375 e. The number of alkyl halides is 1. The first-order valence-corrected chi connectivity index (χ1v) is 12.0. The molecule has 1 N–H and O–H groups in total. The number of hydrogen-bond donors (Lipinski definition) is 1. The first kappa shape index (κ1) is 21.8. The number of anilines is 1. The number of halogens is 2. The molecule has 1 unspecified atom stereocenters. The minimum atomic E-state index is -0.782. The van der Waals surface area contributed by atoms with Gasteiger partial charge in [0.2, 0.25) is 0 Å². The van der Waals surface area contributed by atoms with Crippen LogP contribution in [0.4, 0.5) is 14.5 Å². The van der Waals surface area contributed by atoms with Crippen molar-refractivity contribution in [2.75, 3.05) is 31.1 Å². The quantitative estimate of drug-likeness (QED) is 0.619. The van der Waals surface area contributed by atoms with E-state index in [1.165, 1.54) is 18.9 Å². The lowest BCUT2D eigenvalue weighted by Crippen LogP contribution is -2.49. The molecular formula is C26H33F2N3O. The molecule has 5 rings (SSSR count). The highest BCUT2D eigenvalue weighted by Gasteiger charge is 2.48. The third-order valence-corrected chi connectivity index (χ3v) is 7.69. The highest BCUT2D eigenvalue weighted by Crippen LogP contribution is 2.49. The van der Waals surface area contributed by atoms with Crippen LogP contribution in [0.3, 0.4) is 0 Å². The molecule has 32 heavy (non-hydrogen) atoms. The maximum absolute atomic E-state index is 13.9. The number of rotatable bonds is 7. The molecule has 1 aliphatic carbocycles. The molecule has 0 radical (unpaired) electrons. The van der Waals surface area contributed by atoms with Crippen LogP contribution in [-0.2, 0) is 16.7 Å². The number of pyridine rings is 1. The van der Waals surface area contributed by atoms with Gasteiger partial charge in [-0.05, 0) is 74.5 Å². The third kappa shape index (κ3) is 4.40. The average molecular weight is 442 g/mol. The number of aromatic nitrogens is 1. The highest BCUT2D eigenvalue weighted by atomic mass is 19.1. The summed E-state index contributed by atoms with van der Waals surface area (Å²) in [6.45, 7) is 2.95. The normalized spacial score (nSPS) is 25.2. The Morgan fingerprint density at radius 3 is 2.72 bits per heavy atom. The summed E-state index contributed by atoms with van der Waals surface area (Å²) >= 11 is 0. The second-order valence-corrected chi connectivity index (χ2v) is 9.86. The summed E-state index contributed by atoms with van der Waals surface area (Å²) in [6, 6.07) is 11.0. The van der Waals surface area contributed by atoms with E-state index in [0.29, 0.717) is 19.6 Å². The molecule has 1 saturated carbocycles. The van der Waals surface area contributed by atoms with E-state index in [1.54, 1.807) is 12.1 Å². The zero-order chi connectivity index (χ0) is 22.0. The fraction of sp³-hybridized carbons (Fsp3) is 0.577. The van der Waals surface area contributed by atoms with Crippen LogP contribution in [0.15, 0.2) is 42.6 Å². The van der Waals surface area contributed by atoms with E-state index in [1.807, 2.05) is 17.2 Å². The standard InChI is InChI=1S/C26H33F2N3O/c27-21-6-7-23(31-17-22(28)18-31)20(15-21)16-29-13-10-25(24-5-1-4-12-30-24)11-14-32-26(19-25)8-2-3-9-26/h1,4-7,12,15,22,29H,2-3,8-11,13-14,16-19H2. The number of benzene rings is 1. The van der Waals surface area contributed by atoms with Crippen LogP contribution in [-0.4, -0.2) is 43.0 Å². The molecular weight excluding hydrogens is 408 g/mol. The molecule has 0 bridgehead atoms. The van der Waals surface area contributed by atoms with Gasteiger partial charge >= 0.3 is 0 Å². The Kier molecular flexibility index (Phi) is 6.17. The summed E-state index contributed by atoms with van der Waals surface area (Å²) in [5.74, 6) is -0.250. The van der Waals surface area contributed by atoms with E-state index in [9.17, 15) is 8.78 Å². The van der Waals surface area contributed by atoms with Crippen molar-refractivity contribution in [1.29, 1.82) is 0 Å². The van der Waals surface area contributed by atoms with Crippen molar-refractivity contribution in [3.8, 4) is 0 Å². The molecule has 1 spiro atoms. The predicted octanol–water partition coefficient (Wildman–Crippen LogP) is 4.92. The fourth-order valence-corrected chi connectivity index (χ4v) is 5.97. The van der Waals surface area contributed by atoms with Crippen molar-refractivity contribution >= 4 is 5.69 Å². The van der Waals surface area contributed by atoms with Crippen molar-refractivity contribution in [1.82, 2.24) is 10.3 Å². The Morgan fingerprint density at radius 2 is 1.97 bits per heavy atom. The lowest BCUT2D eigenvalue weighted by molar-refractivity contribution is -0.104. The van der Waals surface area contributed by atoms with Crippen LogP contribution in [0.5, 0.6) is 0 Å². The van der Waals surface area contributed by atoms with Gasteiger partial charge in [-0.3, -0.25) is 4.98 Å². The second kappa shape index (κ2) is 9.06. The summed E-state index contributed by atoms with van der Waals surface area (Å²) in [7, 11) is 0. The maximum atomic E-state index is 13.9. The molecule has 1 aromatic heterocycles. The van der Waals surface area contributed by atoms with Crippen LogP contribution >= 0.6 is 0 Å². The molecule has 2 aliphatic heterocycles. The van der Waals surface area contributed by atoms with Gasteiger partial charge in [-0.1, -0.05) is 18.9 Å². The Balaban J connectivity index is 1.28. The van der Waals surface area contributed by atoms with Gasteiger partial charge in [0.1, 0.15) is 12.0 Å². The van der Waals surface area contributed by atoms with E-state index in [4.69, 9.17) is 9.72 Å². The van der Waals surface area contributed by atoms with Gasteiger partial charge in [-0.2, -0.15) is 0 Å². The van der Waals surface area contributed by atoms with E-state index < -0.39 is 6.17 Å². The molecule has 1 aromatic carbocycles. The summed E-state index contributed by atoms with van der Waals surface area (Å²) in [5.41, 5.74) is 3.00. The molecule has 172 valence electrons. The zero-order valence-corrected chi connectivity index (χ0v) is 18.7. The maximum Gasteiger partial charge on any atom is 0.135 e. The van der Waals surface area contributed by atoms with Gasteiger partial charge in [0.05, 0.1) is 18.7 Å². The topological polar surface area (TPSA) is 37.4 Å². The van der Waals surface area contributed by atoms with Crippen molar-refractivity contribution in [2.45, 2.75) is 68.7 Å². The first-order chi connectivity index (χ1) is 15.6. The van der Waals surface area contributed by atoms with E-state index in [0.717, 1.165) is 62.2 Å². The summed E-state index contributed by atoms with van der Waals surface area (Å²) in [5, 5.41) is 3.55. The zero-order valence-electron chi connectivity index (χ0n) is 18.7. The summed E-state index contributed by atoms with van der Waals surface area (Å²) < 4.78 is 33.6. The molecule has 2 aromatic rings. The van der Waals surface area contributed by atoms with Gasteiger partial charge < -0.3 is 15.0 Å². The van der Waals surface area contributed by atoms with Crippen molar-refractivity contribution in [3.05, 3.63) is 59.7 Å². The predicted molar refractivity (Wildman–Crippen MR) is 122 cm³/mol. The van der Waals surface area contributed by atoms with E-state index >= 15 is 0 Å². The van der Waals surface area contributed by atoms with E-state index in [-0.39, 0.29) is 16.8 Å². The van der Waals surface area contributed by atoms with Crippen molar-refractivity contribution in [3.63, 3.8) is 0 Å². The number of nitrogens with zero attached hydrogens (tertiary/aromatic N) is 2. The van der Waals surface area contributed by atoms with Crippen LogP contribution < -0.4 is 10.2 Å². The largest absolute Gasteiger partial charge is 0.375 e. The SMILES string of the molecule is Fc1ccc(N2CC(F)C2)c(CNCCC2(c3ccccn3)CCOC3(CCCC3)C2)c1. The molecule has 1 atom stereocenters. The monoisotopic (exact) mass is 441 g/mol. The molecule has 2 saturated heterocycles. The van der Waals surface area contributed by atoms with Crippen molar-refractivity contribution in [2.24, 2.45) is 0 Å². The first-order valence-electron chi connectivity index (χ1n) is 12.0. The Labute approximate surface area is 189 Å². The van der Waals surface area contributed by atoms with Gasteiger partial charge in [-0.15, -0.1) is 0 Å². The molecule has 3 heterocycles. The number of hydrogen-bond acceptors (Lipinski definition) is 4. The molecule has 3 aliphatic rings.